The van der Waals surface area contributed by atoms with Gasteiger partial charge in [0.25, 0.3) is 0 Å². The van der Waals surface area contributed by atoms with Gasteiger partial charge in [-0.1, -0.05) is 72.4 Å². The van der Waals surface area contributed by atoms with E-state index in [1.54, 1.807) is 23.9 Å². The van der Waals surface area contributed by atoms with Crippen molar-refractivity contribution < 1.29 is 4.90 Å². The van der Waals surface area contributed by atoms with E-state index in [4.69, 9.17) is 4.99 Å². The summed E-state index contributed by atoms with van der Waals surface area (Å²) in [6.07, 6.45) is 8.62. The molecular weight excluding hydrogens is 482 g/mol. The van der Waals surface area contributed by atoms with Gasteiger partial charge < -0.3 is 15.7 Å². The molecule has 0 unspecified atom stereocenters. The molecule has 2 N–H and O–H groups in total. The summed E-state index contributed by atoms with van der Waals surface area (Å²) in [5.74, 6) is 0. The minimum atomic E-state index is -0.392. The van der Waals surface area contributed by atoms with E-state index in [1.807, 2.05) is 97.0 Å². The maximum Gasteiger partial charge on any atom is 0.222 e. The highest BCUT2D eigenvalue weighted by Gasteiger charge is 2.26. The Hall–Kier alpha value is -4.69. The monoisotopic (exact) mass is 506 g/mol. The lowest BCUT2D eigenvalue weighted by Crippen LogP contribution is -2.29. The molecule has 1 heterocycles. The van der Waals surface area contributed by atoms with Crippen LogP contribution in [0.3, 0.4) is 0 Å². The molecule has 0 aromatic heterocycles. The van der Waals surface area contributed by atoms with Gasteiger partial charge in [-0.2, -0.15) is 4.90 Å². The van der Waals surface area contributed by atoms with Gasteiger partial charge in [0.15, 0.2) is 0 Å². The van der Waals surface area contributed by atoms with Crippen LogP contribution in [0.25, 0.3) is 0 Å². The van der Waals surface area contributed by atoms with Crippen molar-refractivity contribution in [1.82, 2.24) is 5.43 Å². The van der Waals surface area contributed by atoms with E-state index in [0.29, 0.717) is 0 Å². The van der Waals surface area contributed by atoms with Crippen LogP contribution in [-0.4, -0.2) is 23.4 Å². The van der Waals surface area contributed by atoms with Crippen LogP contribution < -0.4 is 15.8 Å². The van der Waals surface area contributed by atoms with E-state index in [-0.39, 0.29) is 5.71 Å². The maximum atomic E-state index is 11.1. The van der Waals surface area contributed by atoms with Crippen molar-refractivity contribution in [3.63, 3.8) is 0 Å². The molecule has 0 radical (unpaired) electrons. The molecular formula is C29H24N5O2S-. The van der Waals surface area contributed by atoms with Crippen molar-refractivity contribution in [1.29, 1.82) is 0 Å². The largest absolute Gasteiger partial charge is 0.612 e. The Labute approximate surface area is 219 Å². The first kappa shape index (κ1) is 24.0. The molecule has 0 bridgehead atoms. The first-order valence-corrected chi connectivity index (χ1v) is 12.5. The lowest BCUT2D eigenvalue weighted by atomic mass is 10.1. The minimum absolute atomic E-state index is 0.0599. The lowest BCUT2D eigenvalue weighted by Gasteiger charge is -2.19. The third kappa shape index (κ3) is 5.44. The molecule has 0 saturated carbocycles. The molecule has 2 aliphatic rings. The zero-order valence-corrected chi connectivity index (χ0v) is 20.9. The summed E-state index contributed by atoms with van der Waals surface area (Å²) < 4.78 is 0. The van der Waals surface area contributed by atoms with Crippen LogP contribution in [0.15, 0.2) is 136 Å². The number of aliphatic imine (C=N–C) groups is 1. The molecule has 5 rings (SSSR count). The lowest BCUT2D eigenvalue weighted by molar-refractivity contribution is -0.377. The summed E-state index contributed by atoms with van der Waals surface area (Å²) >= 11 is 1.55. The molecule has 0 spiro atoms. The number of hydrogen-bond acceptors (Lipinski definition) is 7. The second-order valence-corrected chi connectivity index (χ2v) is 9.16. The first-order chi connectivity index (χ1) is 18.1. The quantitative estimate of drug-likeness (QED) is 0.242. The van der Waals surface area contributed by atoms with Crippen LogP contribution in [0.5, 0.6) is 0 Å². The van der Waals surface area contributed by atoms with Crippen molar-refractivity contribution >= 4 is 40.2 Å². The van der Waals surface area contributed by atoms with Crippen LogP contribution in [0.1, 0.15) is 5.56 Å². The number of para-hydroxylation sites is 3. The minimum Gasteiger partial charge on any atom is -0.612 e. The number of thioether (sulfide) groups is 1. The SMILES string of the molecule is CNc1ccccc1N=C(C=C1SC(=C2C=CC(=[N+]([O-])[O-])C=C2)NN1c1ccccc1)c1ccccc1. The fourth-order valence-corrected chi connectivity index (χ4v) is 4.88. The predicted octanol–water partition coefficient (Wildman–Crippen LogP) is 6.24. The number of nitrogens with zero attached hydrogens (tertiary/aromatic N) is 3. The summed E-state index contributed by atoms with van der Waals surface area (Å²) in [5.41, 5.74) is 8.91. The number of hydrogen-bond donors (Lipinski definition) is 2. The van der Waals surface area contributed by atoms with Gasteiger partial charge in [-0.25, -0.2) is 10.0 Å². The summed E-state index contributed by atoms with van der Waals surface area (Å²) in [6.45, 7) is 0. The van der Waals surface area contributed by atoms with Crippen LogP contribution >= 0.6 is 11.8 Å². The van der Waals surface area contributed by atoms with Crippen LogP contribution in [0, 0.1) is 10.4 Å². The van der Waals surface area contributed by atoms with Gasteiger partial charge in [0.05, 0.1) is 22.8 Å². The summed E-state index contributed by atoms with van der Waals surface area (Å²) in [4.78, 5) is 4.65. The molecule has 37 heavy (non-hydrogen) atoms. The maximum absolute atomic E-state index is 11.1. The van der Waals surface area contributed by atoms with Crippen LogP contribution in [0.4, 0.5) is 17.1 Å². The number of hydrazine groups is 1. The Morgan fingerprint density at radius 1 is 0.892 bits per heavy atom. The standard InChI is InChI=1S/C29H24N5O2S/c1-30-25-14-8-9-15-26(25)31-27(21-10-4-2-5-11-21)20-28-33(23-12-6-3-7-13-23)32-29(37-28)22-16-18-24(19-17-22)34(35)36/h2-20,30,32H,1H3/q-1. The summed E-state index contributed by atoms with van der Waals surface area (Å²) in [5, 5.41) is 29.2. The van der Waals surface area contributed by atoms with E-state index < -0.39 is 4.90 Å². The molecule has 1 saturated heterocycles. The Balaban J connectivity index is 1.62. The molecule has 0 amide bonds. The highest BCUT2D eigenvalue weighted by atomic mass is 32.2. The highest BCUT2D eigenvalue weighted by molar-refractivity contribution is 8.07. The zero-order chi connectivity index (χ0) is 25.6. The third-order valence-corrected chi connectivity index (χ3v) is 6.78. The normalized spacial score (nSPS) is 16.4. The van der Waals surface area contributed by atoms with Gasteiger partial charge in [-0.3, -0.25) is 5.43 Å². The molecule has 3 aromatic carbocycles. The van der Waals surface area contributed by atoms with Crippen molar-refractivity contribution in [2.75, 3.05) is 17.4 Å². The van der Waals surface area contributed by atoms with Gasteiger partial charge in [0.1, 0.15) is 10.1 Å². The number of benzene rings is 3. The number of rotatable bonds is 5. The molecule has 0 atom stereocenters. The van der Waals surface area contributed by atoms with Gasteiger partial charge >= 0.3 is 0 Å². The molecule has 1 aliphatic heterocycles. The van der Waals surface area contributed by atoms with Crippen molar-refractivity contribution in [3.8, 4) is 0 Å². The average Bonchev–Trinajstić information content (AvgIpc) is 3.38. The topological polar surface area (TPSA) is 88.8 Å². The first-order valence-electron chi connectivity index (χ1n) is 11.7. The Bertz CT molecular complexity index is 1450. The second-order valence-electron chi connectivity index (χ2n) is 8.13. The predicted molar refractivity (Wildman–Crippen MR) is 154 cm³/mol. The third-order valence-electron chi connectivity index (χ3n) is 5.74. The van der Waals surface area contributed by atoms with Crippen molar-refractivity contribution in [3.05, 3.63) is 147 Å². The molecule has 3 aromatic rings. The fourth-order valence-electron chi connectivity index (χ4n) is 3.87. The van der Waals surface area contributed by atoms with Crippen molar-refractivity contribution in [2.24, 2.45) is 4.99 Å². The van der Waals surface area contributed by atoms with Gasteiger partial charge in [0, 0.05) is 30.3 Å². The van der Waals surface area contributed by atoms with E-state index in [1.165, 1.54) is 12.2 Å². The highest BCUT2D eigenvalue weighted by Crippen LogP contribution is 2.39. The van der Waals surface area contributed by atoms with E-state index in [0.717, 1.165) is 44.0 Å². The van der Waals surface area contributed by atoms with E-state index in [9.17, 15) is 10.4 Å². The molecule has 1 fully saturated rings. The van der Waals surface area contributed by atoms with Crippen molar-refractivity contribution in [2.45, 2.75) is 0 Å². The van der Waals surface area contributed by atoms with Crippen LogP contribution in [-0.2, 0) is 0 Å². The molecule has 8 heteroatoms. The van der Waals surface area contributed by atoms with Gasteiger partial charge in [0.2, 0.25) is 5.71 Å². The summed E-state index contributed by atoms with van der Waals surface area (Å²) in [6, 6.07) is 28.0. The Morgan fingerprint density at radius 3 is 2.22 bits per heavy atom. The summed E-state index contributed by atoms with van der Waals surface area (Å²) in [7, 11) is 1.88. The zero-order valence-electron chi connectivity index (χ0n) is 20.0. The number of nitrogens with one attached hydrogen (secondary N) is 2. The Morgan fingerprint density at radius 2 is 1.54 bits per heavy atom. The van der Waals surface area contributed by atoms with Crippen LogP contribution in [0.2, 0.25) is 0 Å². The number of allylic oxidation sites excluding steroid dienone is 6. The fraction of sp³-hybridized carbons (Fsp3) is 0.0345. The van der Waals surface area contributed by atoms with Gasteiger partial charge in [-0.15, -0.1) is 0 Å². The average molecular weight is 507 g/mol. The second kappa shape index (κ2) is 10.9. The molecule has 184 valence electrons. The van der Waals surface area contributed by atoms with E-state index in [2.05, 4.69) is 16.8 Å². The number of anilines is 2. The smallest absolute Gasteiger partial charge is 0.222 e. The molecule has 7 nitrogen and oxygen atoms in total. The van der Waals surface area contributed by atoms with Gasteiger partial charge in [-0.05, 0) is 42.5 Å². The Kier molecular flexibility index (Phi) is 7.09. The van der Waals surface area contributed by atoms with E-state index >= 15 is 0 Å². The molecule has 1 aliphatic carbocycles.